The molecular weight excluding hydrogens is 338 g/mol. The lowest BCUT2D eigenvalue weighted by atomic mass is 9.97. The zero-order valence-electron chi connectivity index (χ0n) is 15.1. The number of thiophene rings is 1. The molecule has 5 nitrogen and oxygen atoms in total. The zero-order valence-corrected chi connectivity index (χ0v) is 15.9. The van der Waals surface area contributed by atoms with Gasteiger partial charge in [0.2, 0.25) is 0 Å². The third-order valence-corrected chi connectivity index (χ3v) is 4.58. The topological polar surface area (TPSA) is 66.8 Å². The van der Waals surface area contributed by atoms with Crippen molar-refractivity contribution in [2.24, 2.45) is 0 Å². The maximum atomic E-state index is 12.6. The molecule has 0 saturated heterocycles. The zero-order chi connectivity index (χ0) is 18.8. The Hall–Kier alpha value is -2.34. The number of amides is 1. The van der Waals surface area contributed by atoms with Crippen molar-refractivity contribution in [3.05, 3.63) is 45.6 Å². The maximum absolute atomic E-state index is 12.6. The Morgan fingerprint density at radius 1 is 1.28 bits per heavy atom. The van der Waals surface area contributed by atoms with Gasteiger partial charge in [0.05, 0.1) is 12.8 Å². The highest BCUT2D eigenvalue weighted by molar-refractivity contribution is 7.08. The standard InChI is InChI=1S/C19H23NO4S/c1-12-8-15(20(18(22)23)19(2,3)4)14(10-17(12)24-5)9-16(21)13-6-7-25-11-13/h6-8,10-11H,9H2,1-5H3,(H,22,23). The molecule has 0 radical (unpaired) electrons. The third kappa shape index (κ3) is 4.20. The highest BCUT2D eigenvalue weighted by Crippen LogP contribution is 2.34. The van der Waals surface area contributed by atoms with Crippen LogP contribution >= 0.6 is 11.3 Å². The normalized spacial score (nSPS) is 11.2. The maximum Gasteiger partial charge on any atom is 0.412 e. The molecule has 0 aliphatic carbocycles. The quantitative estimate of drug-likeness (QED) is 0.779. The number of Topliss-reactive ketones (excluding diaryl/α,β-unsaturated/α-hetero) is 1. The number of anilines is 1. The first kappa shape index (κ1) is 19.0. The van der Waals surface area contributed by atoms with Gasteiger partial charge < -0.3 is 9.84 Å². The Kier molecular flexibility index (Phi) is 5.52. The van der Waals surface area contributed by atoms with E-state index in [0.29, 0.717) is 22.6 Å². The Morgan fingerprint density at radius 3 is 2.44 bits per heavy atom. The van der Waals surface area contributed by atoms with Crippen molar-refractivity contribution in [2.45, 2.75) is 39.7 Å². The molecule has 0 aliphatic rings. The Balaban J connectivity index is 2.56. The molecule has 0 aliphatic heterocycles. The fraction of sp³-hybridized carbons (Fsp3) is 0.368. The van der Waals surface area contributed by atoms with Gasteiger partial charge >= 0.3 is 6.09 Å². The minimum atomic E-state index is -1.05. The van der Waals surface area contributed by atoms with E-state index < -0.39 is 11.6 Å². The number of ketones is 1. The number of rotatable bonds is 5. The summed E-state index contributed by atoms with van der Waals surface area (Å²) in [5.74, 6) is 0.587. The Morgan fingerprint density at radius 2 is 1.96 bits per heavy atom. The molecule has 1 aromatic heterocycles. The van der Waals surface area contributed by atoms with E-state index in [1.165, 1.54) is 16.2 Å². The van der Waals surface area contributed by atoms with Crippen LogP contribution in [0, 0.1) is 6.92 Å². The molecule has 0 fully saturated rings. The Bertz CT molecular complexity index is 775. The monoisotopic (exact) mass is 361 g/mol. The van der Waals surface area contributed by atoms with Gasteiger partial charge in [-0.2, -0.15) is 11.3 Å². The van der Waals surface area contributed by atoms with E-state index in [9.17, 15) is 14.7 Å². The summed E-state index contributed by atoms with van der Waals surface area (Å²) in [5, 5.41) is 13.4. The van der Waals surface area contributed by atoms with E-state index in [2.05, 4.69) is 0 Å². The molecule has 1 heterocycles. The smallest absolute Gasteiger partial charge is 0.412 e. The second kappa shape index (κ2) is 7.27. The molecule has 0 spiro atoms. The summed E-state index contributed by atoms with van der Waals surface area (Å²) in [6.45, 7) is 7.33. The number of methoxy groups -OCH3 is 1. The Labute approximate surface area is 151 Å². The summed E-state index contributed by atoms with van der Waals surface area (Å²) in [6, 6.07) is 5.31. The molecule has 1 aromatic carbocycles. The highest BCUT2D eigenvalue weighted by atomic mass is 32.1. The summed E-state index contributed by atoms with van der Waals surface area (Å²) in [4.78, 5) is 25.7. The van der Waals surface area contributed by atoms with Crippen molar-refractivity contribution in [1.29, 1.82) is 0 Å². The van der Waals surface area contributed by atoms with Gasteiger partial charge in [-0.3, -0.25) is 9.69 Å². The first-order valence-corrected chi connectivity index (χ1v) is 8.85. The highest BCUT2D eigenvalue weighted by Gasteiger charge is 2.30. The van der Waals surface area contributed by atoms with Crippen molar-refractivity contribution < 1.29 is 19.4 Å². The average Bonchev–Trinajstić information content (AvgIpc) is 3.02. The van der Waals surface area contributed by atoms with E-state index in [-0.39, 0.29) is 12.2 Å². The van der Waals surface area contributed by atoms with Gasteiger partial charge in [-0.1, -0.05) is 0 Å². The molecule has 1 amide bonds. The summed E-state index contributed by atoms with van der Waals surface area (Å²) in [7, 11) is 1.56. The molecule has 6 heteroatoms. The summed E-state index contributed by atoms with van der Waals surface area (Å²) >= 11 is 1.46. The molecule has 0 saturated carbocycles. The molecule has 25 heavy (non-hydrogen) atoms. The molecule has 2 rings (SSSR count). The lowest BCUT2D eigenvalue weighted by Crippen LogP contribution is -2.45. The van der Waals surface area contributed by atoms with E-state index in [1.807, 2.05) is 33.1 Å². The molecule has 0 unspecified atom stereocenters. The number of carboxylic acid groups (broad SMARTS) is 1. The van der Waals surface area contributed by atoms with Gasteiger partial charge in [-0.25, -0.2) is 4.79 Å². The van der Waals surface area contributed by atoms with Crippen LogP contribution in [0.3, 0.4) is 0 Å². The fourth-order valence-electron chi connectivity index (χ4n) is 2.73. The lowest BCUT2D eigenvalue weighted by Gasteiger charge is -2.35. The van der Waals surface area contributed by atoms with Gasteiger partial charge in [-0.05, 0) is 62.4 Å². The van der Waals surface area contributed by atoms with Crippen molar-refractivity contribution in [1.82, 2.24) is 0 Å². The molecule has 0 atom stereocenters. The van der Waals surface area contributed by atoms with Crippen LogP contribution in [-0.2, 0) is 6.42 Å². The van der Waals surface area contributed by atoms with Gasteiger partial charge in [0, 0.05) is 22.9 Å². The third-order valence-electron chi connectivity index (χ3n) is 3.89. The van der Waals surface area contributed by atoms with Crippen LogP contribution in [-0.4, -0.2) is 29.6 Å². The predicted octanol–water partition coefficient (Wildman–Crippen LogP) is 4.77. The van der Waals surface area contributed by atoms with Crippen LogP contribution in [0.15, 0.2) is 29.0 Å². The van der Waals surface area contributed by atoms with Crippen LogP contribution in [0.1, 0.15) is 42.3 Å². The van der Waals surface area contributed by atoms with Crippen molar-refractivity contribution in [3.8, 4) is 5.75 Å². The average molecular weight is 361 g/mol. The van der Waals surface area contributed by atoms with Gasteiger partial charge in [0.15, 0.2) is 5.78 Å². The van der Waals surface area contributed by atoms with Gasteiger partial charge in [0.25, 0.3) is 0 Å². The van der Waals surface area contributed by atoms with Crippen LogP contribution in [0.25, 0.3) is 0 Å². The molecule has 0 bridgehead atoms. The van der Waals surface area contributed by atoms with E-state index in [1.54, 1.807) is 30.7 Å². The van der Waals surface area contributed by atoms with E-state index >= 15 is 0 Å². The molecular formula is C19H23NO4S. The predicted molar refractivity (Wildman–Crippen MR) is 100 cm³/mol. The number of nitrogens with zero attached hydrogens (tertiary/aromatic N) is 1. The van der Waals surface area contributed by atoms with E-state index in [4.69, 9.17) is 4.74 Å². The molecule has 134 valence electrons. The van der Waals surface area contributed by atoms with Crippen molar-refractivity contribution in [2.75, 3.05) is 12.0 Å². The van der Waals surface area contributed by atoms with Crippen LogP contribution in [0.5, 0.6) is 5.75 Å². The van der Waals surface area contributed by atoms with E-state index in [0.717, 1.165) is 5.56 Å². The SMILES string of the molecule is COc1cc(CC(=O)c2ccsc2)c(N(C(=O)O)C(C)(C)C)cc1C. The number of benzene rings is 1. The second-order valence-electron chi connectivity index (χ2n) is 6.85. The number of carbonyl (C=O) groups excluding carboxylic acids is 1. The number of hydrogen-bond acceptors (Lipinski definition) is 4. The van der Waals surface area contributed by atoms with Crippen molar-refractivity contribution in [3.63, 3.8) is 0 Å². The summed E-state index contributed by atoms with van der Waals surface area (Å²) < 4.78 is 5.36. The number of aryl methyl sites for hydroxylation is 1. The van der Waals surface area contributed by atoms with Crippen LogP contribution < -0.4 is 9.64 Å². The van der Waals surface area contributed by atoms with Gasteiger partial charge in [-0.15, -0.1) is 0 Å². The second-order valence-corrected chi connectivity index (χ2v) is 7.63. The molecule has 2 aromatic rings. The number of hydrogen-bond donors (Lipinski definition) is 1. The summed E-state index contributed by atoms with van der Waals surface area (Å²) in [6.07, 6.45) is -0.941. The van der Waals surface area contributed by atoms with Crippen LogP contribution in [0.2, 0.25) is 0 Å². The summed E-state index contributed by atoms with van der Waals surface area (Å²) in [5.41, 5.74) is 1.96. The number of ether oxygens (including phenoxy) is 1. The van der Waals surface area contributed by atoms with Crippen molar-refractivity contribution >= 4 is 28.9 Å². The first-order chi connectivity index (χ1) is 11.6. The minimum absolute atomic E-state index is 0.0485. The van der Waals surface area contributed by atoms with Gasteiger partial charge in [0.1, 0.15) is 5.75 Å². The van der Waals surface area contributed by atoms with Crippen LogP contribution in [0.4, 0.5) is 10.5 Å². The molecule has 1 N–H and O–H groups in total. The lowest BCUT2D eigenvalue weighted by molar-refractivity contribution is 0.0993. The fourth-order valence-corrected chi connectivity index (χ4v) is 3.39. The number of carbonyl (C=O) groups is 2. The largest absolute Gasteiger partial charge is 0.496 e. The first-order valence-electron chi connectivity index (χ1n) is 7.91. The minimum Gasteiger partial charge on any atom is -0.496 e.